The molecule has 0 fully saturated rings. The zero-order valence-electron chi connectivity index (χ0n) is 13.7. The number of hydrogen-bond donors (Lipinski definition) is 1. The molecule has 3 rings (SSSR count). The molecule has 124 valence electrons. The van der Waals surface area contributed by atoms with E-state index in [0.717, 1.165) is 5.56 Å². The number of nitrogens with one attached hydrogen (secondary N) is 1. The van der Waals surface area contributed by atoms with E-state index in [1.807, 2.05) is 30.3 Å². The Bertz CT molecular complexity index is 910. The van der Waals surface area contributed by atoms with Crippen molar-refractivity contribution in [1.82, 2.24) is 9.55 Å². The average Bonchev–Trinajstić information content (AvgIpc) is 3.07. The van der Waals surface area contributed by atoms with Crippen LogP contribution in [-0.2, 0) is 11.8 Å². The monoisotopic (exact) mass is 331 g/mol. The van der Waals surface area contributed by atoms with Crippen LogP contribution in [0.3, 0.4) is 0 Å². The summed E-state index contributed by atoms with van der Waals surface area (Å²) in [5.41, 5.74) is 2.10. The zero-order valence-corrected chi connectivity index (χ0v) is 13.7. The summed E-state index contributed by atoms with van der Waals surface area (Å²) in [5, 5.41) is 2.77. The van der Waals surface area contributed by atoms with E-state index in [4.69, 9.17) is 0 Å². The summed E-state index contributed by atoms with van der Waals surface area (Å²) < 4.78 is 1.67. The lowest BCUT2D eigenvalue weighted by atomic mass is 10.1. The quantitative estimate of drug-likeness (QED) is 0.576. The molecule has 1 aromatic heterocycles. The average molecular weight is 331 g/mol. The highest BCUT2D eigenvalue weighted by molar-refractivity contribution is 6.07. The molecule has 0 saturated carbocycles. The van der Waals surface area contributed by atoms with Crippen molar-refractivity contribution in [2.24, 2.45) is 7.05 Å². The molecule has 0 aliphatic heterocycles. The Morgan fingerprint density at radius 1 is 1.04 bits per heavy atom. The minimum Gasteiger partial charge on any atom is -0.331 e. The molecule has 0 spiro atoms. The third-order valence-corrected chi connectivity index (χ3v) is 3.67. The van der Waals surface area contributed by atoms with Crippen LogP contribution in [0.4, 0.5) is 5.69 Å². The number of ketones is 1. The van der Waals surface area contributed by atoms with Crippen molar-refractivity contribution >= 4 is 23.5 Å². The van der Waals surface area contributed by atoms with Crippen molar-refractivity contribution in [3.05, 3.63) is 90.0 Å². The predicted octanol–water partition coefficient (Wildman–Crippen LogP) is 3.30. The summed E-state index contributed by atoms with van der Waals surface area (Å²) >= 11 is 0. The normalized spacial score (nSPS) is 10.8. The van der Waals surface area contributed by atoms with Crippen LogP contribution in [0, 0.1) is 0 Å². The third kappa shape index (κ3) is 4.09. The summed E-state index contributed by atoms with van der Waals surface area (Å²) in [7, 11) is 1.77. The number of imidazole rings is 1. The maximum atomic E-state index is 12.3. The molecule has 0 saturated heterocycles. The van der Waals surface area contributed by atoms with Crippen LogP contribution < -0.4 is 5.32 Å². The van der Waals surface area contributed by atoms with E-state index in [9.17, 15) is 9.59 Å². The van der Waals surface area contributed by atoms with Gasteiger partial charge in [-0.1, -0.05) is 30.3 Å². The Labute approximate surface area is 145 Å². The van der Waals surface area contributed by atoms with Gasteiger partial charge in [-0.25, -0.2) is 4.98 Å². The Hall–Kier alpha value is -3.47. The van der Waals surface area contributed by atoms with Gasteiger partial charge in [0, 0.05) is 36.8 Å². The highest BCUT2D eigenvalue weighted by atomic mass is 16.1. The van der Waals surface area contributed by atoms with Crippen LogP contribution in [0.5, 0.6) is 0 Å². The lowest BCUT2D eigenvalue weighted by Gasteiger charge is -2.04. The topological polar surface area (TPSA) is 64.0 Å². The fourth-order valence-electron chi connectivity index (χ4n) is 2.34. The van der Waals surface area contributed by atoms with Crippen molar-refractivity contribution in [3.8, 4) is 0 Å². The van der Waals surface area contributed by atoms with Gasteiger partial charge < -0.3 is 9.88 Å². The first-order valence-corrected chi connectivity index (χ1v) is 7.80. The number of amides is 1. The predicted molar refractivity (Wildman–Crippen MR) is 97.2 cm³/mol. The van der Waals surface area contributed by atoms with Crippen molar-refractivity contribution in [3.63, 3.8) is 0 Å². The highest BCUT2D eigenvalue weighted by Crippen LogP contribution is 2.13. The number of benzene rings is 2. The van der Waals surface area contributed by atoms with Gasteiger partial charge in [-0.2, -0.15) is 0 Å². The molecule has 0 aliphatic rings. The first kappa shape index (κ1) is 16.4. The Morgan fingerprint density at radius 2 is 1.76 bits per heavy atom. The number of aromatic nitrogens is 2. The van der Waals surface area contributed by atoms with Crippen molar-refractivity contribution < 1.29 is 9.59 Å². The lowest BCUT2D eigenvalue weighted by molar-refractivity contribution is -0.111. The Morgan fingerprint density at radius 3 is 2.40 bits per heavy atom. The van der Waals surface area contributed by atoms with Gasteiger partial charge in [-0.15, -0.1) is 0 Å². The molecule has 25 heavy (non-hydrogen) atoms. The molecule has 5 heteroatoms. The maximum absolute atomic E-state index is 12.3. The SMILES string of the molecule is Cn1ccnc1C(=O)c1ccc(NC(=O)/C=C/c2ccccc2)cc1. The second-order valence-electron chi connectivity index (χ2n) is 5.50. The zero-order chi connectivity index (χ0) is 17.6. The smallest absolute Gasteiger partial charge is 0.248 e. The fraction of sp³-hybridized carbons (Fsp3) is 0.0500. The first-order valence-electron chi connectivity index (χ1n) is 7.80. The van der Waals surface area contributed by atoms with Crippen molar-refractivity contribution in [2.75, 3.05) is 5.32 Å². The van der Waals surface area contributed by atoms with Gasteiger partial charge in [0.25, 0.3) is 0 Å². The minimum atomic E-state index is -0.230. The largest absolute Gasteiger partial charge is 0.331 e. The van der Waals surface area contributed by atoms with E-state index in [1.54, 1.807) is 54.3 Å². The number of aryl methyl sites for hydroxylation is 1. The third-order valence-electron chi connectivity index (χ3n) is 3.67. The molecule has 0 atom stereocenters. The van der Waals surface area contributed by atoms with Gasteiger partial charge in [0.2, 0.25) is 11.7 Å². The maximum Gasteiger partial charge on any atom is 0.248 e. The first-order chi connectivity index (χ1) is 12.1. The van der Waals surface area contributed by atoms with E-state index in [-0.39, 0.29) is 11.7 Å². The van der Waals surface area contributed by atoms with E-state index in [1.165, 1.54) is 6.08 Å². The fourth-order valence-corrected chi connectivity index (χ4v) is 2.34. The Balaban J connectivity index is 1.64. The summed E-state index contributed by atoms with van der Waals surface area (Å²) in [4.78, 5) is 28.3. The molecular formula is C20H17N3O2. The van der Waals surface area contributed by atoms with Crippen molar-refractivity contribution in [1.29, 1.82) is 0 Å². The summed E-state index contributed by atoms with van der Waals surface area (Å²) in [6, 6.07) is 16.3. The number of carbonyl (C=O) groups excluding carboxylic acids is 2. The number of nitrogens with zero attached hydrogens (tertiary/aromatic N) is 2. The van der Waals surface area contributed by atoms with E-state index >= 15 is 0 Å². The Kier molecular flexibility index (Phi) is 4.85. The van der Waals surface area contributed by atoms with Crippen LogP contribution in [0.15, 0.2) is 73.1 Å². The molecule has 3 aromatic rings. The number of hydrogen-bond acceptors (Lipinski definition) is 3. The highest BCUT2D eigenvalue weighted by Gasteiger charge is 2.13. The van der Waals surface area contributed by atoms with Gasteiger partial charge in [-0.05, 0) is 35.9 Å². The van der Waals surface area contributed by atoms with Gasteiger partial charge in [0.1, 0.15) is 0 Å². The molecule has 0 aliphatic carbocycles. The van der Waals surface area contributed by atoms with E-state index < -0.39 is 0 Å². The summed E-state index contributed by atoms with van der Waals surface area (Å²) in [6.45, 7) is 0. The van der Waals surface area contributed by atoms with Crippen LogP contribution in [0.2, 0.25) is 0 Å². The van der Waals surface area contributed by atoms with Crippen LogP contribution in [-0.4, -0.2) is 21.2 Å². The van der Waals surface area contributed by atoms with Gasteiger partial charge in [0.15, 0.2) is 5.82 Å². The summed E-state index contributed by atoms with van der Waals surface area (Å²) in [6.07, 6.45) is 6.53. The van der Waals surface area contributed by atoms with Crippen LogP contribution in [0.25, 0.3) is 6.08 Å². The van der Waals surface area contributed by atoms with Crippen LogP contribution in [0.1, 0.15) is 21.7 Å². The number of carbonyl (C=O) groups is 2. The van der Waals surface area contributed by atoms with E-state index in [2.05, 4.69) is 10.3 Å². The van der Waals surface area contributed by atoms with Gasteiger partial charge >= 0.3 is 0 Å². The van der Waals surface area contributed by atoms with Gasteiger partial charge in [-0.3, -0.25) is 9.59 Å². The second kappa shape index (κ2) is 7.40. The molecule has 0 bridgehead atoms. The molecule has 2 aromatic carbocycles. The minimum absolute atomic E-state index is 0.158. The molecule has 0 unspecified atom stereocenters. The second-order valence-corrected chi connectivity index (χ2v) is 5.50. The molecule has 1 amide bonds. The molecular weight excluding hydrogens is 314 g/mol. The summed E-state index contributed by atoms with van der Waals surface area (Å²) in [5.74, 6) is -0.0102. The lowest BCUT2D eigenvalue weighted by Crippen LogP contribution is -2.10. The van der Waals surface area contributed by atoms with Gasteiger partial charge in [0.05, 0.1) is 0 Å². The van der Waals surface area contributed by atoms with E-state index in [0.29, 0.717) is 17.1 Å². The molecule has 5 nitrogen and oxygen atoms in total. The number of anilines is 1. The molecule has 0 radical (unpaired) electrons. The van der Waals surface area contributed by atoms with Crippen LogP contribution >= 0.6 is 0 Å². The standard InChI is InChI=1S/C20H17N3O2/c1-23-14-13-21-20(23)19(25)16-8-10-17(11-9-16)22-18(24)12-7-15-5-3-2-4-6-15/h2-14H,1H3,(H,22,24)/b12-7+. The molecule has 1 N–H and O–H groups in total. The van der Waals surface area contributed by atoms with Crippen molar-refractivity contribution in [2.45, 2.75) is 0 Å². The molecule has 1 heterocycles. The number of rotatable bonds is 5.